The average molecular weight is 476 g/mol. The molecule has 1 aromatic carbocycles. The standard InChI is InChI=1S/C20H28O13/c1-29-10-4-8(5-21)2-3-9(10)30-19-17(28)15(26)18(12(7-23)32-19)33-20-16(27)14(25)13(24)11(6-22)31-20/h2-5,11-20,22-28H,6-7H2,1H3. The van der Waals surface area contributed by atoms with Crippen LogP contribution in [0.3, 0.4) is 0 Å². The fourth-order valence-electron chi connectivity index (χ4n) is 3.63. The largest absolute Gasteiger partial charge is 0.493 e. The summed E-state index contributed by atoms with van der Waals surface area (Å²) in [5, 5.41) is 70.2. The molecule has 1 aromatic rings. The van der Waals surface area contributed by atoms with E-state index >= 15 is 0 Å². The second-order valence-electron chi connectivity index (χ2n) is 7.65. The third kappa shape index (κ3) is 5.27. The van der Waals surface area contributed by atoms with Crippen LogP contribution < -0.4 is 9.47 Å². The van der Waals surface area contributed by atoms with Gasteiger partial charge in [0.2, 0.25) is 6.29 Å². The second-order valence-corrected chi connectivity index (χ2v) is 7.65. The molecule has 3 rings (SSSR count). The predicted octanol–water partition coefficient (Wildman–Crippen LogP) is -3.49. The van der Waals surface area contributed by atoms with Gasteiger partial charge in [-0.15, -0.1) is 0 Å². The lowest BCUT2D eigenvalue weighted by Gasteiger charge is -2.45. The van der Waals surface area contributed by atoms with Crippen molar-refractivity contribution in [1.82, 2.24) is 0 Å². The lowest BCUT2D eigenvalue weighted by Crippen LogP contribution is -2.65. The molecule has 2 fully saturated rings. The van der Waals surface area contributed by atoms with Crippen LogP contribution in [0.25, 0.3) is 0 Å². The van der Waals surface area contributed by atoms with Crippen molar-refractivity contribution >= 4 is 6.29 Å². The van der Waals surface area contributed by atoms with E-state index in [0.717, 1.165) is 0 Å². The molecule has 2 aliphatic rings. The van der Waals surface area contributed by atoms with Crippen LogP contribution in [0.5, 0.6) is 11.5 Å². The number of rotatable bonds is 8. The van der Waals surface area contributed by atoms with Crippen LogP contribution in [0.4, 0.5) is 0 Å². The molecule has 13 heteroatoms. The van der Waals surface area contributed by atoms with Gasteiger partial charge in [-0.1, -0.05) is 0 Å². The van der Waals surface area contributed by atoms with Gasteiger partial charge in [-0.2, -0.15) is 0 Å². The summed E-state index contributed by atoms with van der Waals surface area (Å²) in [5.74, 6) is 0.245. The highest BCUT2D eigenvalue weighted by atomic mass is 16.7. The predicted molar refractivity (Wildman–Crippen MR) is 105 cm³/mol. The Kier molecular flexibility index (Phi) is 8.58. The number of aliphatic hydroxyl groups is 7. The Bertz CT molecular complexity index is 787. The van der Waals surface area contributed by atoms with E-state index in [2.05, 4.69) is 0 Å². The molecule has 2 heterocycles. The molecule has 33 heavy (non-hydrogen) atoms. The fraction of sp³-hybridized carbons (Fsp3) is 0.650. The first-order chi connectivity index (χ1) is 15.7. The molecular weight excluding hydrogens is 448 g/mol. The summed E-state index contributed by atoms with van der Waals surface area (Å²) in [6.07, 6.45) is -15.0. The maximum Gasteiger partial charge on any atom is 0.229 e. The molecule has 0 aromatic heterocycles. The number of hydrogen-bond donors (Lipinski definition) is 7. The van der Waals surface area contributed by atoms with Crippen molar-refractivity contribution in [1.29, 1.82) is 0 Å². The van der Waals surface area contributed by atoms with Crippen molar-refractivity contribution in [3.8, 4) is 11.5 Å². The minimum Gasteiger partial charge on any atom is -0.493 e. The lowest BCUT2D eigenvalue weighted by atomic mass is 9.97. The van der Waals surface area contributed by atoms with Gasteiger partial charge in [0.25, 0.3) is 0 Å². The topological polar surface area (TPSA) is 205 Å². The average Bonchev–Trinajstić information content (AvgIpc) is 2.83. The van der Waals surface area contributed by atoms with E-state index in [9.17, 15) is 40.5 Å². The van der Waals surface area contributed by atoms with Gasteiger partial charge in [0.1, 0.15) is 55.1 Å². The van der Waals surface area contributed by atoms with Crippen molar-refractivity contribution in [3.63, 3.8) is 0 Å². The molecule has 2 aliphatic heterocycles. The van der Waals surface area contributed by atoms with Crippen molar-refractivity contribution < 1.29 is 64.2 Å². The van der Waals surface area contributed by atoms with Gasteiger partial charge in [0, 0.05) is 5.56 Å². The summed E-state index contributed by atoms with van der Waals surface area (Å²) in [7, 11) is 1.34. The number of carbonyl (C=O) groups excluding carboxylic acids is 1. The zero-order chi connectivity index (χ0) is 24.3. The van der Waals surface area contributed by atoms with Crippen molar-refractivity contribution in [2.75, 3.05) is 20.3 Å². The zero-order valence-electron chi connectivity index (χ0n) is 17.6. The van der Waals surface area contributed by atoms with E-state index in [1.54, 1.807) is 0 Å². The number of methoxy groups -OCH3 is 1. The molecule has 0 aliphatic carbocycles. The number of benzene rings is 1. The molecule has 0 spiro atoms. The molecule has 13 nitrogen and oxygen atoms in total. The Labute approximate surface area is 188 Å². The van der Waals surface area contributed by atoms with Crippen LogP contribution >= 0.6 is 0 Å². The fourth-order valence-corrected chi connectivity index (χ4v) is 3.63. The number of aliphatic hydroxyl groups excluding tert-OH is 7. The van der Waals surface area contributed by atoms with Crippen molar-refractivity contribution in [2.24, 2.45) is 0 Å². The van der Waals surface area contributed by atoms with Crippen LogP contribution in [-0.4, -0.2) is 124 Å². The molecule has 2 saturated heterocycles. The van der Waals surface area contributed by atoms with Crippen LogP contribution in [0.2, 0.25) is 0 Å². The first-order valence-electron chi connectivity index (χ1n) is 10.1. The van der Waals surface area contributed by atoms with E-state index in [0.29, 0.717) is 11.8 Å². The van der Waals surface area contributed by atoms with Crippen LogP contribution in [0.15, 0.2) is 18.2 Å². The Morgan fingerprint density at radius 1 is 0.848 bits per heavy atom. The van der Waals surface area contributed by atoms with E-state index in [-0.39, 0.29) is 11.5 Å². The highest BCUT2D eigenvalue weighted by molar-refractivity contribution is 5.76. The SMILES string of the molecule is COc1cc(C=O)ccc1OC1OC(CO)C(OC2OC(CO)C(O)C(O)C2O)C(O)C1O. The molecule has 10 atom stereocenters. The molecule has 0 amide bonds. The van der Waals surface area contributed by atoms with Gasteiger partial charge in [-0.3, -0.25) is 4.79 Å². The normalized spacial score (nSPS) is 39.2. The maximum absolute atomic E-state index is 10.9. The second kappa shape index (κ2) is 11.0. The van der Waals surface area contributed by atoms with Gasteiger partial charge in [-0.25, -0.2) is 0 Å². The van der Waals surface area contributed by atoms with E-state index < -0.39 is 74.6 Å². The lowest BCUT2D eigenvalue weighted by molar-refractivity contribution is -0.352. The summed E-state index contributed by atoms with van der Waals surface area (Å²) in [4.78, 5) is 10.9. The highest BCUT2D eigenvalue weighted by Gasteiger charge is 2.51. The summed E-state index contributed by atoms with van der Waals surface area (Å²) in [6.45, 7) is -1.39. The first kappa shape index (κ1) is 25.7. The molecule has 7 N–H and O–H groups in total. The zero-order valence-corrected chi connectivity index (χ0v) is 17.6. The van der Waals surface area contributed by atoms with E-state index in [4.69, 9.17) is 23.7 Å². The Morgan fingerprint density at radius 3 is 2.09 bits per heavy atom. The summed E-state index contributed by atoms with van der Waals surface area (Å²) in [5.41, 5.74) is 0.311. The Hall–Kier alpha value is -1.91. The number of aldehydes is 1. The van der Waals surface area contributed by atoms with Crippen molar-refractivity contribution in [2.45, 2.75) is 61.4 Å². The van der Waals surface area contributed by atoms with Crippen LogP contribution in [0.1, 0.15) is 10.4 Å². The Balaban J connectivity index is 1.75. The summed E-state index contributed by atoms with van der Waals surface area (Å²) < 4.78 is 27.0. The van der Waals surface area contributed by atoms with Crippen LogP contribution in [-0.2, 0) is 14.2 Å². The molecule has 0 radical (unpaired) electrons. The monoisotopic (exact) mass is 476 g/mol. The minimum absolute atomic E-state index is 0.0874. The van der Waals surface area contributed by atoms with Gasteiger partial charge in [0.05, 0.1) is 20.3 Å². The van der Waals surface area contributed by atoms with Crippen molar-refractivity contribution in [3.05, 3.63) is 23.8 Å². The Morgan fingerprint density at radius 2 is 1.48 bits per heavy atom. The third-order valence-corrected chi connectivity index (χ3v) is 5.53. The quantitative estimate of drug-likeness (QED) is 0.182. The molecule has 0 bridgehead atoms. The smallest absolute Gasteiger partial charge is 0.229 e. The van der Waals surface area contributed by atoms with Gasteiger partial charge in [-0.05, 0) is 18.2 Å². The summed E-state index contributed by atoms with van der Waals surface area (Å²) >= 11 is 0. The van der Waals surface area contributed by atoms with Gasteiger partial charge < -0.3 is 59.4 Å². The van der Waals surface area contributed by atoms with Crippen LogP contribution in [0, 0.1) is 0 Å². The number of hydrogen-bond acceptors (Lipinski definition) is 13. The minimum atomic E-state index is -1.76. The molecular formula is C20H28O13. The van der Waals surface area contributed by atoms with Gasteiger partial charge in [0.15, 0.2) is 17.8 Å². The van der Waals surface area contributed by atoms with Gasteiger partial charge >= 0.3 is 0 Å². The highest BCUT2D eigenvalue weighted by Crippen LogP contribution is 2.33. The number of carbonyl (C=O) groups is 1. The maximum atomic E-state index is 10.9. The molecule has 0 saturated carbocycles. The number of ether oxygens (including phenoxy) is 5. The van der Waals surface area contributed by atoms with E-state index in [1.165, 1.54) is 25.3 Å². The molecule has 186 valence electrons. The first-order valence-corrected chi connectivity index (χ1v) is 10.1. The molecule has 10 unspecified atom stereocenters. The summed E-state index contributed by atoms with van der Waals surface area (Å²) in [6, 6.07) is 4.23. The third-order valence-electron chi connectivity index (χ3n) is 5.53. The van der Waals surface area contributed by atoms with E-state index in [1.807, 2.05) is 0 Å².